The van der Waals surface area contributed by atoms with E-state index in [1.54, 1.807) is 0 Å². The Morgan fingerprint density at radius 3 is 2.52 bits per heavy atom. The fourth-order valence-corrected chi connectivity index (χ4v) is 1.67. The van der Waals surface area contributed by atoms with Gasteiger partial charge in [-0.3, -0.25) is 0 Å². The first kappa shape index (κ1) is 17.3. The SMILES string of the molecule is COCC(CNc1ccc(C(F)(F)F)cc1C(=O)O)OC. The molecule has 0 aliphatic rings. The van der Waals surface area contributed by atoms with Crippen molar-refractivity contribution >= 4 is 11.7 Å². The van der Waals surface area contributed by atoms with Gasteiger partial charge in [0.25, 0.3) is 0 Å². The fourth-order valence-electron chi connectivity index (χ4n) is 1.67. The lowest BCUT2D eigenvalue weighted by atomic mass is 10.1. The Labute approximate surface area is 119 Å². The molecule has 0 heterocycles. The molecule has 1 aromatic carbocycles. The quantitative estimate of drug-likeness (QED) is 0.810. The first-order valence-corrected chi connectivity index (χ1v) is 5.99. The monoisotopic (exact) mass is 307 g/mol. The third-order valence-corrected chi connectivity index (χ3v) is 2.78. The van der Waals surface area contributed by atoms with E-state index in [1.807, 2.05) is 0 Å². The fraction of sp³-hybridized carbons (Fsp3) is 0.462. The lowest BCUT2D eigenvalue weighted by Crippen LogP contribution is -2.27. The average Bonchev–Trinajstić information content (AvgIpc) is 2.42. The van der Waals surface area contributed by atoms with Crippen LogP contribution in [-0.2, 0) is 15.7 Å². The normalized spacial score (nSPS) is 13.0. The van der Waals surface area contributed by atoms with E-state index < -0.39 is 23.3 Å². The van der Waals surface area contributed by atoms with Crippen molar-refractivity contribution in [3.05, 3.63) is 29.3 Å². The van der Waals surface area contributed by atoms with Gasteiger partial charge in [0.2, 0.25) is 0 Å². The second-order valence-electron chi connectivity index (χ2n) is 4.26. The van der Waals surface area contributed by atoms with Crippen LogP contribution < -0.4 is 5.32 Å². The number of aromatic carboxylic acids is 1. The van der Waals surface area contributed by atoms with Crippen molar-refractivity contribution in [3.63, 3.8) is 0 Å². The minimum absolute atomic E-state index is 0.0913. The summed E-state index contributed by atoms with van der Waals surface area (Å²) in [6, 6.07) is 2.52. The molecule has 2 N–H and O–H groups in total. The van der Waals surface area contributed by atoms with Gasteiger partial charge >= 0.3 is 12.1 Å². The molecule has 1 unspecified atom stereocenters. The molecule has 21 heavy (non-hydrogen) atoms. The van der Waals surface area contributed by atoms with Gasteiger partial charge in [-0.1, -0.05) is 0 Å². The summed E-state index contributed by atoms with van der Waals surface area (Å²) >= 11 is 0. The molecule has 8 heteroatoms. The Bertz CT molecular complexity index is 491. The number of carbonyl (C=O) groups is 1. The lowest BCUT2D eigenvalue weighted by Gasteiger charge is -2.17. The highest BCUT2D eigenvalue weighted by atomic mass is 19.4. The summed E-state index contributed by atoms with van der Waals surface area (Å²) in [5, 5.41) is 11.8. The van der Waals surface area contributed by atoms with Crippen molar-refractivity contribution in [1.29, 1.82) is 0 Å². The van der Waals surface area contributed by atoms with Crippen LogP contribution >= 0.6 is 0 Å². The zero-order valence-electron chi connectivity index (χ0n) is 11.5. The molecule has 0 aliphatic carbocycles. The van der Waals surface area contributed by atoms with Gasteiger partial charge in [0.15, 0.2) is 0 Å². The largest absolute Gasteiger partial charge is 0.478 e. The Kier molecular flexibility index (Phi) is 5.98. The number of carboxylic acids is 1. The number of alkyl halides is 3. The molecule has 1 rings (SSSR count). The molecule has 0 aromatic heterocycles. The van der Waals surface area contributed by atoms with E-state index >= 15 is 0 Å². The van der Waals surface area contributed by atoms with Crippen molar-refractivity contribution in [2.45, 2.75) is 12.3 Å². The van der Waals surface area contributed by atoms with Crippen LogP contribution in [0.1, 0.15) is 15.9 Å². The summed E-state index contributed by atoms with van der Waals surface area (Å²) in [6.07, 6.45) is -4.94. The number of nitrogens with one attached hydrogen (secondary N) is 1. The van der Waals surface area contributed by atoms with Crippen molar-refractivity contribution in [1.82, 2.24) is 0 Å². The van der Waals surface area contributed by atoms with Crippen LogP contribution in [0.15, 0.2) is 18.2 Å². The number of ether oxygens (including phenoxy) is 2. The first-order valence-electron chi connectivity index (χ1n) is 5.99. The molecule has 0 saturated heterocycles. The number of benzene rings is 1. The minimum Gasteiger partial charge on any atom is -0.478 e. The number of hydrogen-bond donors (Lipinski definition) is 2. The van der Waals surface area contributed by atoms with Crippen LogP contribution in [0.2, 0.25) is 0 Å². The number of hydrogen-bond acceptors (Lipinski definition) is 4. The van der Waals surface area contributed by atoms with E-state index in [9.17, 15) is 18.0 Å². The molecule has 0 aliphatic heterocycles. The van der Waals surface area contributed by atoms with Crippen LogP contribution in [0.4, 0.5) is 18.9 Å². The predicted octanol–water partition coefficient (Wildman–Crippen LogP) is 2.48. The maximum atomic E-state index is 12.6. The summed E-state index contributed by atoms with van der Waals surface area (Å²) in [5.41, 5.74) is -1.36. The molecule has 1 atom stereocenters. The highest BCUT2D eigenvalue weighted by Crippen LogP contribution is 2.31. The molecule has 118 valence electrons. The number of methoxy groups -OCH3 is 2. The van der Waals surface area contributed by atoms with Gasteiger partial charge in [-0.15, -0.1) is 0 Å². The van der Waals surface area contributed by atoms with Gasteiger partial charge in [0.1, 0.15) is 0 Å². The van der Waals surface area contributed by atoms with Crippen molar-refractivity contribution < 1.29 is 32.5 Å². The summed E-state index contributed by atoms with van der Waals surface area (Å²) in [7, 11) is 2.93. The predicted molar refractivity (Wildman–Crippen MR) is 69.6 cm³/mol. The van der Waals surface area contributed by atoms with E-state index in [1.165, 1.54) is 14.2 Å². The van der Waals surface area contributed by atoms with Crippen LogP contribution in [0.3, 0.4) is 0 Å². The maximum absolute atomic E-state index is 12.6. The van der Waals surface area contributed by atoms with Crippen LogP contribution in [0.5, 0.6) is 0 Å². The van der Waals surface area contributed by atoms with Crippen molar-refractivity contribution in [2.24, 2.45) is 0 Å². The molecular weight excluding hydrogens is 291 g/mol. The molecule has 1 aromatic rings. The second-order valence-corrected chi connectivity index (χ2v) is 4.26. The van der Waals surface area contributed by atoms with E-state index in [2.05, 4.69) is 5.32 Å². The summed E-state index contributed by atoms with van der Waals surface area (Å²) in [4.78, 5) is 11.1. The number of anilines is 1. The third kappa shape index (κ3) is 4.91. The highest BCUT2D eigenvalue weighted by Gasteiger charge is 2.31. The molecule has 0 radical (unpaired) electrons. The molecule has 5 nitrogen and oxygen atoms in total. The van der Waals surface area contributed by atoms with Gasteiger partial charge in [0.05, 0.1) is 23.8 Å². The Hall–Kier alpha value is -1.80. The Morgan fingerprint density at radius 1 is 1.38 bits per heavy atom. The minimum atomic E-state index is -4.59. The third-order valence-electron chi connectivity index (χ3n) is 2.78. The van der Waals surface area contributed by atoms with E-state index in [4.69, 9.17) is 14.6 Å². The summed E-state index contributed by atoms with van der Waals surface area (Å²) in [6.45, 7) is 0.475. The van der Waals surface area contributed by atoms with Crippen LogP contribution in [0, 0.1) is 0 Å². The standard InChI is InChI=1S/C13H16F3NO4/c1-20-7-9(21-2)6-17-11-4-3-8(13(14,15)16)5-10(11)12(18)19/h3-5,9,17H,6-7H2,1-2H3,(H,18,19). The van der Waals surface area contributed by atoms with Gasteiger partial charge in [-0.05, 0) is 18.2 Å². The van der Waals surface area contributed by atoms with E-state index in [0.29, 0.717) is 6.07 Å². The molecule has 0 amide bonds. The number of carboxylic acid groups (broad SMARTS) is 1. The number of rotatable bonds is 7. The Morgan fingerprint density at radius 2 is 2.05 bits per heavy atom. The van der Waals surface area contributed by atoms with Crippen molar-refractivity contribution in [3.8, 4) is 0 Å². The lowest BCUT2D eigenvalue weighted by molar-refractivity contribution is -0.137. The molecule has 0 saturated carbocycles. The summed E-state index contributed by atoms with van der Waals surface area (Å²) < 4.78 is 47.7. The maximum Gasteiger partial charge on any atom is 0.416 e. The first-order chi connectivity index (χ1) is 9.79. The molecule has 0 bridgehead atoms. The average molecular weight is 307 g/mol. The van der Waals surface area contributed by atoms with Gasteiger partial charge < -0.3 is 19.9 Å². The highest BCUT2D eigenvalue weighted by molar-refractivity contribution is 5.94. The van der Waals surface area contributed by atoms with E-state index in [-0.39, 0.29) is 24.9 Å². The van der Waals surface area contributed by atoms with Crippen LogP contribution in [-0.4, -0.2) is 44.6 Å². The molecule has 0 fully saturated rings. The zero-order chi connectivity index (χ0) is 16.0. The van der Waals surface area contributed by atoms with Crippen molar-refractivity contribution in [2.75, 3.05) is 32.7 Å². The van der Waals surface area contributed by atoms with Gasteiger partial charge in [0, 0.05) is 26.5 Å². The second kappa shape index (κ2) is 7.28. The van der Waals surface area contributed by atoms with Gasteiger partial charge in [-0.25, -0.2) is 4.79 Å². The van der Waals surface area contributed by atoms with Crippen LogP contribution in [0.25, 0.3) is 0 Å². The molecular formula is C13H16F3NO4. The summed E-state index contributed by atoms with van der Waals surface area (Å²) in [5.74, 6) is -1.44. The van der Waals surface area contributed by atoms with Gasteiger partial charge in [-0.2, -0.15) is 13.2 Å². The zero-order valence-corrected chi connectivity index (χ0v) is 11.5. The number of halogens is 3. The molecule has 0 spiro atoms. The smallest absolute Gasteiger partial charge is 0.416 e. The van der Waals surface area contributed by atoms with E-state index in [0.717, 1.165) is 12.1 Å². The topological polar surface area (TPSA) is 67.8 Å². The Balaban J connectivity index is 2.94.